The molecular formula is C21H26Cl2N6OS. The smallest absolute Gasteiger partial charge is 0.237 e. The number of thioether (sulfide) groups is 1. The van der Waals surface area contributed by atoms with E-state index in [-0.39, 0.29) is 11.2 Å². The Bertz CT molecular complexity index is 1110. The van der Waals surface area contributed by atoms with Gasteiger partial charge >= 0.3 is 0 Å². The third-order valence-corrected chi connectivity index (χ3v) is 6.47. The van der Waals surface area contributed by atoms with Crippen LogP contribution in [0, 0.1) is 19.8 Å². The maximum atomic E-state index is 12.9. The van der Waals surface area contributed by atoms with E-state index in [2.05, 4.69) is 34.5 Å². The highest BCUT2D eigenvalue weighted by Crippen LogP contribution is 2.33. The second-order valence-electron chi connectivity index (χ2n) is 7.85. The van der Waals surface area contributed by atoms with Crippen LogP contribution in [0.5, 0.6) is 0 Å². The number of benzene rings is 1. The number of halogens is 2. The first kappa shape index (κ1) is 23.6. The molecule has 0 aliphatic heterocycles. The standard InChI is InChI=1S/C21H26Cl2N6OS/c1-11(2)10-29-19(16-8-7-15(22)9-17(16)23)25-26-21(29)31-14(5)20(30)24-18-12(3)27-28(6)13(18)4/h7-9,11,14H,10H2,1-6H3,(H,24,30). The number of amides is 1. The van der Waals surface area contributed by atoms with E-state index in [9.17, 15) is 4.79 Å². The molecule has 0 aliphatic rings. The third-order valence-electron chi connectivity index (χ3n) is 4.85. The Kier molecular flexibility index (Phi) is 7.34. The second kappa shape index (κ2) is 9.63. The van der Waals surface area contributed by atoms with Gasteiger partial charge in [-0.25, -0.2) is 0 Å². The van der Waals surface area contributed by atoms with E-state index in [0.717, 1.165) is 22.6 Å². The van der Waals surface area contributed by atoms with Gasteiger partial charge in [0.2, 0.25) is 5.91 Å². The number of aromatic nitrogens is 5. The number of anilines is 1. The Labute approximate surface area is 196 Å². The van der Waals surface area contributed by atoms with Gasteiger partial charge in [0.25, 0.3) is 0 Å². The molecule has 31 heavy (non-hydrogen) atoms. The van der Waals surface area contributed by atoms with Gasteiger partial charge in [0.15, 0.2) is 11.0 Å². The maximum absolute atomic E-state index is 12.9. The molecule has 166 valence electrons. The average molecular weight is 481 g/mol. The molecule has 1 unspecified atom stereocenters. The van der Waals surface area contributed by atoms with Crippen LogP contribution in [0.25, 0.3) is 11.4 Å². The molecule has 2 heterocycles. The summed E-state index contributed by atoms with van der Waals surface area (Å²) in [4.78, 5) is 12.9. The number of hydrogen-bond donors (Lipinski definition) is 1. The van der Waals surface area contributed by atoms with Gasteiger partial charge in [-0.1, -0.05) is 48.8 Å². The number of nitrogens with one attached hydrogen (secondary N) is 1. The summed E-state index contributed by atoms with van der Waals surface area (Å²) in [6.07, 6.45) is 0. The zero-order valence-electron chi connectivity index (χ0n) is 18.4. The predicted molar refractivity (Wildman–Crippen MR) is 127 cm³/mol. The fraction of sp³-hybridized carbons (Fsp3) is 0.429. The lowest BCUT2D eigenvalue weighted by molar-refractivity contribution is -0.115. The summed E-state index contributed by atoms with van der Waals surface area (Å²) in [6.45, 7) is 10.6. The zero-order chi connectivity index (χ0) is 22.9. The van der Waals surface area contributed by atoms with Gasteiger partial charge in [0.05, 0.1) is 27.3 Å². The Morgan fingerprint density at radius 3 is 2.48 bits per heavy atom. The van der Waals surface area contributed by atoms with Crippen molar-refractivity contribution in [2.24, 2.45) is 13.0 Å². The van der Waals surface area contributed by atoms with Crippen LogP contribution < -0.4 is 5.32 Å². The van der Waals surface area contributed by atoms with Crippen molar-refractivity contribution >= 4 is 46.6 Å². The first-order chi connectivity index (χ1) is 14.6. The van der Waals surface area contributed by atoms with E-state index >= 15 is 0 Å². The van der Waals surface area contributed by atoms with E-state index in [1.165, 1.54) is 11.8 Å². The zero-order valence-corrected chi connectivity index (χ0v) is 20.7. The summed E-state index contributed by atoms with van der Waals surface area (Å²) in [5.41, 5.74) is 3.20. The molecule has 0 bridgehead atoms. The first-order valence-corrected chi connectivity index (χ1v) is 11.6. The van der Waals surface area contributed by atoms with E-state index < -0.39 is 0 Å². The highest BCUT2D eigenvalue weighted by Gasteiger charge is 2.23. The molecule has 1 atom stereocenters. The van der Waals surface area contributed by atoms with Crippen LogP contribution in [0.3, 0.4) is 0 Å². The molecule has 10 heteroatoms. The molecule has 0 radical (unpaired) electrons. The largest absolute Gasteiger partial charge is 0.322 e. The maximum Gasteiger partial charge on any atom is 0.237 e. The molecule has 1 amide bonds. The van der Waals surface area contributed by atoms with Crippen LogP contribution in [0.4, 0.5) is 5.69 Å². The Morgan fingerprint density at radius 1 is 1.19 bits per heavy atom. The number of nitrogens with zero attached hydrogens (tertiary/aromatic N) is 5. The quantitative estimate of drug-likeness (QED) is 0.459. The van der Waals surface area contributed by atoms with Gasteiger partial charge in [-0.2, -0.15) is 5.10 Å². The minimum absolute atomic E-state index is 0.116. The number of hydrogen-bond acceptors (Lipinski definition) is 5. The lowest BCUT2D eigenvalue weighted by atomic mass is 10.2. The molecule has 7 nitrogen and oxygen atoms in total. The van der Waals surface area contributed by atoms with Crippen molar-refractivity contribution in [1.29, 1.82) is 0 Å². The SMILES string of the molecule is Cc1nn(C)c(C)c1NC(=O)C(C)Sc1nnc(-c2ccc(Cl)cc2Cl)n1CC(C)C. The van der Waals surface area contributed by atoms with E-state index in [4.69, 9.17) is 23.2 Å². The number of carbonyl (C=O) groups is 1. The van der Waals surface area contributed by atoms with E-state index in [0.29, 0.717) is 33.5 Å². The normalized spacial score (nSPS) is 12.4. The molecular weight excluding hydrogens is 455 g/mol. The van der Waals surface area contributed by atoms with Crippen LogP contribution in [0.2, 0.25) is 10.0 Å². The van der Waals surface area contributed by atoms with Crippen LogP contribution >= 0.6 is 35.0 Å². The molecule has 0 saturated heterocycles. The fourth-order valence-electron chi connectivity index (χ4n) is 3.17. The Hall–Kier alpha value is -2.03. The van der Waals surface area contributed by atoms with Crippen molar-refractivity contribution in [1.82, 2.24) is 24.5 Å². The van der Waals surface area contributed by atoms with Crippen LogP contribution in [-0.2, 0) is 18.4 Å². The third kappa shape index (κ3) is 5.25. The molecule has 0 fully saturated rings. The molecule has 0 spiro atoms. The van der Waals surface area contributed by atoms with Crippen molar-refractivity contribution in [2.45, 2.75) is 51.6 Å². The second-order valence-corrected chi connectivity index (χ2v) is 10.0. The minimum Gasteiger partial charge on any atom is -0.322 e. The van der Waals surface area contributed by atoms with E-state index in [1.807, 2.05) is 38.5 Å². The monoisotopic (exact) mass is 480 g/mol. The molecule has 3 aromatic rings. The lowest BCUT2D eigenvalue weighted by Crippen LogP contribution is -2.23. The summed E-state index contributed by atoms with van der Waals surface area (Å²) >= 11 is 13.8. The van der Waals surface area contributed by atoms with Crippen molar-refractivity contribution < 1.29 is 4.79 Å². The Balaban J connectivity index is 1.86. The van der Waals surface area contributed by atoms with Gasteiger partial charge in [0.1, 0.15) is 0 Å². The van der Waals surface area contributed by atoms with Gasteiger partial charge in [0, 0.05) is 24.2 Å². The van der Waals surface area contributed by atoms with Crippen molar-refractivity contribution in [3.8, 4) is 11.4 Å². The summed E-state index contributed by atoms with van der Waals surface area (Å²) in [5, 5.41) is 17.4. The number of aryl methyl sites for hydroxylation is 2. The number of carbonyl (C=O) groups excluding carboxylic acids is 1. The topological polar surface area (TPSA) is 77.6 Å². The summed E-state index contributed by atoms with van der Waals surface area (Å²) in [6, 6.07) is 5.30. The summed E-state index contributed by atoms with van der Waals surface area (Å²) in [7, 11) is 1.86. The lowest BCUT2D eigenvalue weighted by Gasteiger charge is -2.16. The fourth-order valence-corrected chi connectivity index (χ4v) is 4.52. The Morgan fingerprint density at radius 2 is 1.90 bits per heavy atom. The van der Waals surface area contributed by atoms with Crippen LogP contribution in [0.15, 0.2) is 23.4 Å². The molecule has 3 rings (SSSR count). The molecule has 2 aromatic heterocycles. The van der Waals surface area contributed by atoms with E-state index in [1.54, 1.807) is 16.8 Å². The molecule has 1 N–H and O–H groups in total. The highest BCUT2D eigenvalue weighted by atomic mass is 35.5. The summed E-state index contributed by atoms with van der Waals surface area (Å²) in [5.74, 6) is 0.892. The predicted octanol–water partition coefficient (Wildman–Crippen LogP) is 5.38. The molecule has 0 saturated carbocycles. The van der Waals surface area contributed by atoms with Gasteiger partial charge < -0.3 is 9.88 Å². The number of rotatable bonds is 7. The van der Waals surface area contributed by atoms with Crippen molar-refractivity contribution in [3.05, 3.63) is 39.6 Å². The minimum atomic E-state index is -0.386. The van der Waals surface area contributed by atoms with Crippen LogP contribution in [-0.4, -0.2) is 35.7 Å². The van der Waals surface area contributed by atoms with Crippen LogP contribution in [0.1, 0.15) is 32.2 Å². The van der Waals surface area contributed by atoms with Gasteiger partial charge in [-0.15, -0.1) is 10.2 Å². The molecule has 0 aliphatic carbocycles. The van der Waals surface area contributed by atoms with Gasteiger partial charge in [-0.05, 0) is 44.9 Å². The first-order valence-electron chi connectivity index (χ1n) is 9.94. The van der Waals surface area contributed by atoms with Gasteiger partial charge in [-0.3, -0.25) is 9.48 Å². The average Bonchev–Trinajstić information content (AvgIpc) is 3.16. The summed E-state index contributed by atoms with van der Waals surface area (Å²) < 4.78 is 3.76. The van der Waals surface area contributed by atoms with Crippen molar-refractivity contribution in [2.75, 3.05) is 5.32 Å². The highest BCUT2D eigenvalue weighted by molar-refractivity contribution is 8.00. The molecule has 1 aromatic carbocycles. The van der Waals surface area contributed by atoms with Crippen molar-refractivity contribution in [3.63, 3.8) is 0 Å².